The quantitative estimate of drug-likeness (QED) is 0.633. The van der Waals surface area contributed by atoms with Crippen LogP contribution in [0.15, 0.2) is 46.0 Å². The molecule has 120 valence electrons. The molecule has 2 N–H and O–H groups in total. The van der Waals surface area contributed by atoms with E-state index in [1.807, 2.05) is 30.3 Å². The molecule has 0 atom stereocenters. The molecule has 1 aromatic heterocycles. The molecule has 0 aliphatic carbocycles. The molecule has 23 heavy (non-hydrogen) atoms. The number of pyridine rings is 1. The predicted molar refractivity (Wildman–Crippen MR) is 91.5 cm³/mol. The predicted octanol–water partition coefficient (Wildman–Crippen LogP) is 2.44. The van der Waals surface area contributed by atoms with Crippen LogP contribution in [0.5, 0.6) is 11.5 Å². The standard InChI is InChI=1S/C16H17BrN4O2/c1-18-16(21-9-12-4-2-3-5-19-12)20-8-11-6-13(17)15-14(7-11)22-10-23-15/h2-7H,8-10H2,1H3,(H2,18,20,21). The second-order valence-electron chi connectivity index (χ2n) is 4.91. The van der Waals surface area contributed by atoms with Crippen molar-refractivity contribution in [2.24, 2.45) is 4.99 Å². The Morgan fingerprint density at radius 1 is 1.26 bits per heavy atom. The smallest absolute Gasteiger partial charge is 0.231 e. The molecule has 1 aliphatic heterocycles. The fraction of sp³-hybridized carbons (Fsp3) is 0.250. The Morgan fingerprint density at radius 3 is 2.91 bits per heavy atom. The second kappa shape index (κ2) is 7.32. The van der Waals surface area contributed by atoms with Gasteiger partial charge in [-0.15, -0.1) is 0 Å². The Morgan fingerprint density at radius 2 is 2.13 bits per heavy atom. The van der Waals surface area contributed by atoms with Crippen LogP contribution < -0.4 is 20.1 Å². The third-order valence-electron chi connectivity index (χ3n) is 3.33. The molecule has 7 heteroatoms. The molecule has 6 nitrogen and oxygen atoms in total. The molecular formula is C16H17BrN4O2. The van der Waals surface area contributed by atoms with E-state index in [0.717, 1.165) is 27.2 Å². The molecule has 0 saturated heterocycles. The maximum absolute atomic E-state index is 5.42. The van der Waals surface area contributed by atoms with E-state index in [1.165, 1.54) is 0 Å². The molecule has 0 radical (unpaired) electrons. The largest absolute Gasteiger partial charge is 0.454 e. The Labute approximate surface area is 143 Å². The van der Waals surface area contributed by atoms with Gasteiger partial charge in [0.05, 0.1) is 16.7 Å². The van der Waals surface area contributed by atoms with Gasteiger partial charge in [-0.05, 0) is 45.8 Å². The highest BCUT2D eigenvalue weighted by Crippen LogP contribution is 2.39. The molecular weight excluding hydrogens is 360 g/mol. The van der Waals surface area contributed by atoms with E-state index in [4.69, 9.17) is 9.47 Å². The number of hydrogen-bond donors (Lipinski definition) is 2. The van der Waals surface area contributed by atoms with Gasteiger partial charge in [0.25, 0.3) is 0 Å². The lowest BCUT2D eigenvalue weighted by molar-refractivity contribution is 0.173. The van der Waals surface area contributed by atoms with E-state index in [1.54, 1.807) is 13.2 Å². The van der Waals surface area contributed by atoms with Gasteiger partial charge in [-0.1, -0.05) is 6.07 Å². The summed E-state index contributed by atoms with van der Waals surface area (Å²) in [6.07, 6.45) is 1.78. The highest BCUT2D eigenvalue weighted by molar-refractivity contribution is 9.10. The summed E-state index contributed by atoms with van der Waals surface area (Å²) in [7, 11) is 1.74. The first kappa shape index (κ1) is 15.6. The van der Waals surface area contributed by atoms with E-state index >= 15 is 0 Å². The zero-order valence-electron chi connectivity index (χ0n) is 12.7. The van der Waals surface area contributed by atoms with Gasteiger partial charge in [0.2, 0.25) is 6.79 Å². The van der Waals surface area contributed by atoms with Crippen molar-refractivity contribution in [1.82, 2.24) is 15.6 Å². The van der Waals surface area contributed by atoms with Gasteiger partial charge >= 0.3 is 0 Å². The number of hydrogen-bond acceptors (Lipinski definition) is 4. The van der Waals surface area contributed by atoms with Crippen LogP contribution in [0.2, 0.25) is 0 Å². The lowest BCUT2D eigenvalue weighted by Crippen LogP contribution is -2.36. The average Bonchev–Trinajstić information content (AvgIpc) is 3.05. The Balaban J connectivity index is 1.57. The Hall–Kier alpha value is -2.28. The van der Waals surface area contributed by atoms with Crippen LogP contribution in [0.25, 0.3) is 0 Å². The van der Waals surface area contributed by atoms with Crippen LogP contribution in [-0.2, 0) is 13.1 Å². The maximum atomic E-state index is 5.42. The Bertz CT molecular complexity index is 707. The summed E-state index contributed by atoms with van der Waals surface area (Å²) in [6, 6.07) is 9.80. The zero-order chi connectivity index (χ0) is 16.1. The highest BCUT2D eigenvalue weighted by Gasteiger charge is 2.17. The van der Waals surface area contributed by atoms with Crippen molar-refractivity contribution in [1.29, 1.82) is 0 Å². The van der Waals surface area contributed by atoms with Gasteiger partial charge in [0.1, 0.15) is 0 Å². The number of nitrogens with one attached hydrogen (secondary N) is 2. The van der Waals surface area contributed by atoms with Gasteiger partial charge in [-0.3, -0.25) is 9.98 Å². The summed E-state index contributed by atoms with van der Waals surface area (Å²) in [6.45, 7) is 1.50. The van der Waals surface area contributed by atoms with Crippen molar-refractivity contribution in [2.45, 2.75) is 13.1 Å². The lowest BCUT2D eigenvalue weighted by atomic mass is 10.2. The fourth-order valence-corrected chi connectivity index (χ4v) is 2.81. The summed E-state index contributed by atoms with van der Waals surface area (Å²) in [5.74, 6) is 2.23. The minimum Gasteiger partial charge on any atom is -0.454 e. The number of halogens is 1. The van der Waals surface area contributed by atoms with Gasteiger partial charge in [-0.25, -0.2) is 0 Å². The van der Waals surface area contributed by atoms with Crippen LogP contribution in [0.3, 0.4) is 0 Å². The van der Waals surface area contributed by atoms with E-state index < -0.39 is 0 Å². The first-order valence-electron chi connectivity index (χ1n) is 7.18. The molecule has 2 aromatic rings. The summed E-state index contributed by atoms with van der Waals surface area (Å²) >= 11 is 3.50. The number of nitrogens with zero attached hydrogens (tertiary/aromatic N) is 2. The average molecular weight is 377 g/mol. The van der Waals surface area contributed by atoms with Crippen molar-refractivity contribution in [2.75, 3.05) is 13.8 Å². The second-order valence-corrected chi connectivity index (χ2v) is 5.77. The summed E-state index contributed by atoms with van der Waals surface area (Å²) in [5, 5.41) is 6.50. The van der Waals surface area contributed by atoms with Crippen LogP contribution in [0.1, 0.15) is 11.3 Å². The van der Waals surface area contributed by atoms with Gasteiger partial charge in [0, 0.05) is 19.8 Å². The molecule has 2 heterocycles. The molecule has 0 fully saturated rings. The first-order valence-corrected chi connectivity index (χ1v) is 7.98. The molecule has 0 amide bonds. The SMILES string of the molecule is CN=C(NCc1cc(Br)c2c(c1)OCO2)NCc1ccccn1. The van der Waals surface area contributed by atoms with E-state index in [-0.39, 0.29) is 6.79 Å². The summed E-state index contributed by atoms with van der Waals surface area (Å²) in [5.41, 5.74) is 2.03. The number of ether oxygens (including phenoxy) is 2. The number of aromatic nitrogens is 1. The van der Waals surface area contributed by atoms with Crippen molar-refractivity contribution < 1.29 is 9.47 Å². The first-order chi connectivity index (χ1) is 11.3. The zero-order valence-corrected chi connectivity index (χ0v) is 14.3. The number of rotatable bonds is 4. The van der Waals surface area contributed by atoms with Crippen LogP contribution in [-0.4, -0.2) is 24.8 Å². The van der Waals surface area contributed by atoms with Crippen LogP contribution >= 0.6 is 15.9 Å². The third-order valence-corrected chi connectivity index (χ3v) is 3.92. The van der Waals surface area contributed by atoms with Crippen LogP contribution in [0, 0.1) is 0 Å². The van der Waals surface area contributed by atoms with Gasteiger partial charge < -0.3 is 20.1 Å². The Kier molecular flexibility index (Phi) is 4.97. The van der Waals surface area contributed by atoms with E-state index in [2.05, 4.69) is 36.5 Å². The van der Waals surface area contributed by atoms with E-state index in [0.29, 0.717) is 19.0 Å². The third kappa shape index (κ3) is 3.92. The van der Waals surface area contributed by atoms with Gasteiger partial charge in [0.15, 0.2) is 17.5 Å². The molecule has 3 rings (SSSR count). The molecule has 1 aromatic carbocycles. The molecule has 0 spiro atoms. The summed E-state index contributed by atoms with van der Waals surface area (Å²) < 4.78 is 11.7. The van der Waals surface area contributed by atoms with Crippen molar-refractivity contribution in [3.8, 4) is 11.5 Å². The molecule has 0 saturated carbocycles. The number of aliphatic imine (C=N–C) groups is 1. The normalized spacial score (nSPS) is 13.0. The number of fused-ring (bicyclic) bond motifs is 1. The lowest BCUT2D eigenvalue weighted by Gasteiger charge is -2.12. The number of guanidine groups is 1. The minimum absolute atomic E-state index is 0.262. The van der Waals surface area contributed by atoms with Crippen molar-refractivity contribution >= 4 is 21.9 Å². The van der Waals surface area contributed by atoms with Crippen LogP contribution in [0.4, 0.5) is 0 Å². The van der Waals surface area contributed by atoms with Crippen molar-refractivity contribution in [3.05, 3.63) is 52.3 Å². The molecule has 1 aliphatic rings. The van der Waals surface area contributed by atoms with Gasteiger partial charge in [-0.2, -0.15) is 0 Å². The topological polar surface area (TPSA) is 67.8 Å². The molecule has 0 unspecified atom stereocenters. The maximum Gasteiger partial charge on any atom is 0.231 e. The monoisotopic (exact) mass is 376 g/mol. The van der Waals surface area contributed by atoms with Crippen molar-refractivity contribution in [3.63, 3.8) is 0 Å². The van der Waals surface area contributed by atoms with E-state index in [9.17, 15) is 0 Å². The molecule has 0 bridgehead atoms. The highest BCUT2D eigenvalue weighted by atomic mass is 79.9. The minimum atomic E-state index is 0.262. The fourth-order valence-electron chi connectivity index (χ4n) is 2.21. The number of benzene rings is 1. The summed E-state index contributed by atoms with van der Waals surface area (Å²) in [4.78, 5) is 8.48.